The first-order chi connectivity index (χ1) is 6.19. The summed E-state index contributed by atoms with van der Waals surface area (Å²) in [5, 5.41) is 0. The molecule has 0 fully saturated rings. The van der Waals surface area contributed by atoms with E-state index in [1.165, 1.54) is 0 Å². The lowest BCUT2D eigenvalue weighted by atomic mass is 10.1. The maximum atomic E-state index is 5.78. The van der Waals surface area contributed by atoms with Crippen LogP contribution in [0.4, 0.5) is 0 Å². The molecular formula is C9H15N3O. The predicted molar refractivity (Wildman–Crippen MR) is 51.5 cm³/mol. The molecule has 4 N–H and O–H groups in total. The molecule has 0 bridgehead atoms. The third-order valence-electron chi connectivity index (χ3n) is 1.99. The third-order valence-corrected chi connectivity index (χ3v) is 1.99. The molecular weight excluding hydrogens is 166 g/mol. The van der Waals surface area contributed by atoms with Crippen LogP contribution in [-0.4, -0.2) is 18.6 Å². The van der Waals surface area contributed by atoms with Crippen LogP contribution in [0.25, 0.3) is 0 Å². The van der Waals surface area contributed by atoms with E-state index in [2.05, 4.69) is 4.98 Å². The van der Waals surface area contributed by atoms with Gasteiger partial charge in [-0.15, -0.1) is 0 Å². The van der Waals surface area contributed by atoms with Gasteiger partial charge in [-0.05, 0) is 18.1 Å². The van der Waals surface area contributed by atoms with E-state index in [4.69, 9.17) is 16.2 Å². The summed E-state index contributed by atoms with van der Waals surface area (Å²) in [6.45, 7) is 2.39. The van der Waals surface area contributed by atoms with Crippen molar-refractivity contribution in [3.05, 3.63) is 23.4 Å². The Balaban J connectivity index is 2.98. The number of ether oxygens (including phenoxy) is 1. The number of nitrogens with zero attached hydrogens (tertiary/aromatic N) is 1. The highest BCUT2D eigenvalue weighted by atomic mass is 16.5. The van der Waals surface area contributed by atoms with E-state index in [1.807, 2.05) is 13.0 Å². The Morgan fingerprint density at radius 3 is 2.77 bits per heavy atom. The lowest BCUT2D eigenvalue weighted by molar-refractivity contribution is 0.397. The molecule has 0 radical (unpaired) electrons. The topological polar surface area (TPSA) is 74.2 Å². The van der Waals surface area contributed by atoms with Gasteiger partial charge in [0, 0.05) is 24.8 Å². The van der Waals surface area contributed by atoms with Crippen LogP contribution < -0.4 is 16.2 Å². The summed E-state index contributed by atoms with van der Waals surface area (Å²) in [5.74, 6) is 0.602. The number of aromatic nitrogens is 1. The van der Waals surface area contributed by atoms with Crippen molar-refractivity contribution in [2.45, 2.75) is 13.0 Å². The number of pyridine rings is 1. The van der Waals surface area contributed by atoms with Crippen LogP contribution in [0.3, 0.4) is 0 Å². The molecule has 0 aliphatic carbocycles. The summed E-state index contributed by atoms with van der Waals surface area (Å²) in [6.07, 6.45) is 1.71. The Kier molecular flexibility index (Phi) is 3.22. The van der Waals surface area contributed by atoms with E-state index in [0.717, 1.165) is 11.1 Å². The van der Waals surface area contributed by atoms with Crippen molar-refractivity contribution in [2.75, 3.05) is 13.7 Å². The molecule has 4 heteroatoms. The highest BCUT2D eigenvalue weighted by molar-refractivity contribution is 5.30. The van der Waals surface area contributed by atoms with E-state index in [1.54, 1.807) is 13.3 Å². The van der Waals surface area contributed by atoms with Gasteiger partial charge in [-0.25, -0.2) is 4.98 Å². The molecule has 1 aromatic heterocycles. The maximum Gasteiger partial charge on any atom is 0.213 e. The molecule has 1 unspecified atom stereocenters. The number of methoxy groups -OCH3 is 1. The first kappa shape index (κ1) is 9.95. The quantitative estimate of drug-likeness (QED) is 0.706. The van der Waals surface area contributed by atoms with Gasteiger partial charge >= 0.3 is 0 Å². The molecule has 4 nitrogen and oxygen atoms in total. The van der Waals surface area contributed by atoms with Crippen molar-refractivity contribution < 1.29 is 4.74 Å². The van der Waals surface area contributed by atoms with Gasteiger partial charge in [0.25, 0.3) is 0 Å². The number of nitrogens with two attached hydrogens (primary N) is 2. The number of hydrogen-bond acceptors (Lipinski definition) is 4. The highest BCUT2D eigenvalue weighted by Crippen LogP contribution is 2.17. The van der Waals surface area contributed by atoms with Gasteiger partial charge in [0.1, 0.15) is 0 Å². The minimum atomic E-state index is -0.140. The Hall–Kier alpha value is -1.13. The fraction of sp³-hybridized carbons (Fsp3) is 0.444. The predicted octanol–water partition coefficient (Wildman–Crippen LogP) is 0.357. The van der Waals surface area contributed by atoms with Gasteiger partial charge in [-0.2, -0.15) is 0 Å². The van der Waals surface area contributed by atoms with Crippen LogP contribution in [0.2, 0.25) is 0 Å². The van der Waals surface area contributed by atoms with E-state index >= 15 is 0 Å². The van der Waals surface area contributed by atoms with Gasteiger partial charge in [0.05, 0.1) is 7.11 Å². The lowest BCUT2D eigenvalue weighted by Gasteiger charge is -2.12. The summed E-state index contributed by atoms with van der Waals surface area (Å²) in [4.78, 5) is 4.07. The Bertz CT molecular complexity index is 288. The lowest BCUT2D eigenvalue weighted by Crippen LogP contribution is -2.21. The number of hydrogen-bond donors (Lipinski definition) is 2. The zero-order valence-electron chi connectivity index (χ0n) is 7.95. The summed E-state index contributed by atoms with van der Waals surface area (Å²) >= 11 is 0. The summed E-state index contributed by atoms with van der Waals surface area (Å²) in [5.41, 5.74) is 13.3. The normalized spacial score (nSPS) is 12.6. The van der Waals surface area contributed by atoms with E-state index in [-0.39, 0.29) is 6.04 Å². The molecule has 1 rings (SSSR count). The molecule has 1 atom stereocenters. The molecule has 1 heterocycles. The summed E-state index contributed by atoms with van der Waals surface area (Å²) in [7, 11) is 1.59. The van der Waals surface area contributed by atoms with Gasteiger partial charge in [-0.3, -0.25) is 0 Å². The van der Waals surface area contributed by atoms with Crippen LogP contribution in [-0.2, 0) is 0 Å². The zero-order valence-corrected chi connectivity index (χ0v) is 7.95. The van der Waals surface area contributed by atoms with Gasteiger partial charge in [0.2, 0.25) is 5.88 Å². The van der Waals surface area contributed by atoms with Gasteiger partial charge in [-0.1, -0.05) is 0 Å². The molecule has 1 aromatic rings. The zero-order chi connectivity index (χ0) is 9.84. The van der Waals surface area contributed by atoms with Gasteiger partial charge < -0.3 is 16.2 Å². The summed E-state index contributed by atoms with van der Waals surface area (Å²) in [6, 6.07) is 1.71. The molecule has 72 valence electrons. The standard InChI is InChI=1S/C9H15N3O/c1-6-3-9(13-2)12-5-7(6)8(11)4-10/h3,5,8H,4,10-11H2,1-2H3. The second kappa shape index (κ2) is 4.20. The largest absolute Gasteiger partial charge is 0.481 e. The van der Waals surface area contributed by atoms with Crippen LogP contribution in [0, 0.1) is 6.92 Å². The minimum absolute atomic E-state index is 0.140. The molecule has 0 aliphatic heterocycles. The Morgan fingerprint density at radius 2 is 2.31 bits per heavy atom. The van der Waals surface area contributed by atoms with E-state index in [0.29, 0.717) is 12.4 Å². The molecule has 13 heavy (non-hydrogen) atoms. The average Bonchev–Trinajstić information content (AvgIpc) is 2.16. The molecule has 0 spiro atoms. The van der Waals surface area contributed by atoms with Crippen molar-refractivity contribution in [2.24, 2.45) is 11.5 Å². The third kappa shape index (κ3) is 2.17. The Morgan fingerprint density at radius 1 is 1.62 bits per heavy atom. The van der Waals surface area contributed by atoms with Crippen molar-refractivity contribution >= 4 is 0 Å². The van der Waals surface area contributed by atoms with Crippen LogP contribution in [0.1, 0.15) is 17.2 Å². The summed E-state index contributed by atoms with van der Waals surface area (Å²) < 4.78 is 4.98. The first-order valence-corrected chi connectivity index (χ1v) is 4.15. The minimum Gasteiger partial charge on any atom is -0.481 e. The monoisotopic (exact) mass is 181 g/mol. The fourth-order valence-electron chi connectivity index (χ4n) is 1.17. The molecule has 0 amide bonds. The van der Waals surface area contributed by atoms with Crippen LogP contribution in [0.5, 0.6) is 5.88 Å². The van der Waals surface area contributed by atoms with Crippen molar-refractivity contribution in [1.29, 1.82) is 0 Å². The van der Waals surface area contributed by atoms with Crippen LogP contribution in [0.15, 0.2) is 12.3 Å². The Labute approximate surface area is 77.9 Å². The molecule has 0 aliphatic rings. The SMILES string of the molecule is COc1cc(C)c(C(N)CN)cn1. The average molecular weight is 181 g/mol. The maximum absolute atomic E-state index is 5.78. The van der Waals surface area contributed by atoms with Gasteiger partial charge in [0.15, 0.2) is 0 Å². The highest BCUT2D eigenvalue weighted by Gasteiger charge is 2.08. The fourth-order valence-corrected chi connectivity index (χ4v) is 1.17. The molecule has 0 aromatic carbocycles. The number of rotatable bonds is 3. The van der Waals surface area contributed by atoms with Crippen molar-refractivity contribution in [3.8, 4) is 5.88 Å². The first-order valence-electron chi connectivity index (χ1n) is 4.15. The van der Waals surface area contributed by atoms with E-state index < -0.39 is 0 Å². The molecule has 0 saturated heterocycles. The van der Waals surface area contributed by atoms with Crippen molar-refractivity contribution in [1.82, 2.24) is 4.98 Å². The second-order valence-corrected chi connectivity index (χ2v) is 2.93. The second-order valence-electron chi connectivity index (χ2n) is 2.93. The molecule has 0 saturated carbocycles. The van der Waals surface area contributed by atoms with Crippen molar-refractivity contribution in [3.63, 3.8) is 0 Å². The number of aryl methyl sites for hydroxylation is 1. The van der Waals surface area contributed by atoms with Crippen LogP contribution >= 0.6 is 0 Å². The van der Waals surface area contributed by atoms with E-state index in [9.17, 15) is 0 Å². The smallest absolute Gasteiger partial charge is 0.213 e.